The van der Waals surface area contributed by atoms with Gasteiger partial charge in [-0.1, -0.05) is 6.07 Å². The topological polar surface area (TPSA) is 98.5 Å². The molecule has 1 atom stereocenters. The van der Waals surface area contributed by atoms with Gasteiger partial charge >= 0.3 is 6.61 Å². The number of fused-ring (bicyclic) bond motifs is 1. The van der Waals surface area contributed by atoms with Crippen molar-refractivity contribution in [2.24, 2.45) is 0 Å². The van der Waals surface area contributed by atoms with Gasteiger partial charge in [-0.05, 0) is 54.7 Å². The fraction of sp³-hybridized carbons (Fsp3) is 0.333. The third-order valence-corrected chi connectivity index (χ3v) is 5.68. The number of nitrogens with zero attached hydrogens (tertiary/aromatic N) is 1. The summed E-state index contributed by atoms with van der Waals surface area (Å²) in [7, 11) is -3.79. The molecule has 0 saturated heterocycles. The fourth-order valence-corrected chi connectivity index (χ4v) is 4.23. The highest BCUT2D eigenvalue weighted by Gasteiger charge is 2.25. The predicted octanol–water partition coefficient (Wildman–Crippen LogP) is 4.09. The van der Waals surface area contributed by atoms with Gasteiger partial charge in [0, 0.05) is 18.0 Å². The van der Waals surface area contributed by atoms with Crippen LogP contribution in [0.25, 0.3) is 0 Å². The number of aryl methyl sites for hydroxylation is 1. The molecule has 1 aliphatic carbocycles. The van der Waals surface area contributed by atoms with Crippen molar-refractivity contribution in [3.05, 3.63) is 57.6 Å². The van der Waals surface area contributed by atoms with Gasteiger partial charge in [-0.15, -0.1) is 0 Å². The van der Waals surface area contributed by atoms with E-state index in [1.807, 2.05) is 0 Å². The molecule has 0 radical (unpaired) electrons. The van der Waals surface area contributed by atoms with Crippen LogP contribution < -0.4 is 10.1 Å². The summed E-state index contributed by atoms with van der Waals surface area (Å²) in [5, 5.41) is 14.3. The van der Waals surface area contributed by atoms with E-state index in [9.17, 15) is 27.3 Å². The number of benzene rings is 2. The number of hydrogen-bond donors (Lipinski definition) is 1. The average molecular weight is 412 g/mol. The van der Waals surface area contributed by atoms with E-state index in [1.165, 1.54) is 18.2 Å². The van der Waals surface area contributed by atoms with Crippen LogP contribution in [0, 0.1) is 10.1 Å². The molecule has 0 bridgehead atoms. The number of anilines is 1. The number of alkyl halides is 2. The molecule has 28 heavy (non-hydrogen) atoms. The van der Waals surface area contributed by atoms with Gasteiger partial charge in [-0.25, -0.2) is 8.42 Å². The Labute approximate surface area is 160 Å². The highest BCUT2D eigenvalue weighted by Crippen LogP contribution is 2.36. The van der Waals surface area contributed by atoms with Gasteiger partial charge in [-0.2, -0.15) is 8.78 Å². The minimum Gasteiger partial charge on any atom is -0.435 e. The highest BCUT2D eigenvalue weighted by atomic mass is 32.2. The second kappa shape index (κ2) is 7.70. The van der Waals surface area contributed by atoms with Crippen molar-refractivity contribution in [1.29, 1.82) is 0 Å². The van der Waals surface area contributed by atoms with Crippen molar-refractivity contribution in [2.75, 3.05) is 11.6 Å². The summed E-state index contributed by atoms with van der Waals surface area (Å²) >= 11 is 0. The van der Waals surface area contributed by atoms with E-state index < -0.39 is 27.1 Å². The zero-order valence-electron chi connectivity index (χ0n) is 14.9. The summed E-state index contributed by atoms with van der Waals surface area (Å²) in [6.45, 7) is -2.90. The second-order valence-corrected chi connectivity index (χ2v) is 8.52. The lowest BCUT2D eigenvalue weighted by atomic mass is 9.87. The molecular formula is C18H18F2N2O5S. The number of ether oxygens (including phenoxy) is 1. The number of hydrogen-bond acceptors (Lipinski definition) is 6. The summed E-state index contributed by atoms with van der Waals surface area (Å²) in [5.41, 5.74) is 1.71. The molecule has 2 aromatic rings. The molecule has 0 heterocycles. The van der Waals surface area contributed by atoms with Crippen molar-refractivity contribution in [3.8, 4) is 5.75 Å². The zero-order valence-corrected chi connectivity index (χ0v) is 15.7. The molecule has 150 valence electrons. The smallest absolute Gasteiger partial charge is 0.387 e. The van der Waals surface area contributed by atoms with Gasteiger partial charge in [0.25, 0.3) is 5.69 Å². The van der Waals surface area contributed by atoms with Crippen LogP contribution in [0.4, 0.5) is 20.2 Å². The normalized spacial score (nSPS) is 16.5. The maximum absolute atomic E-state index is 12.4. The lowest BCUT2D eigenvalue weighted by Crippen LogP contribution is -2.18. The fourth-order valence-electron chi connectivity index (χ4n) is 3.37. The van der Waals surface area contributed by atoms with E-state index in [4.69, 9.17) is 0 Å². The molecule has 1 aliphatic rings. The van der Waals surface area contributed by atoms with Crippen LogP contribution in [0.5, 0.6) is 5.75 Å². The summed E-state index contributed by atoms with van der Waals surface area (Å²) in [5.74, 6) is 0.0871. The molecule has 10 heteroatoms. The van der Waals surface area contributed by atoms with Gasteiger partial charge in [0.15, 0.2) is 9.84 Å². The van der Waals surface area contributed by atoms with Gasteiger partial charge in [0.2, 0.25) is 0 Å². The van der Waals surface area contributed by atoms with E-state index in [0.717, 1.165) is 36.3 Å². The lowest BCUT2D eigenvalue weighted by molar-refractivity contribution is -0.387. The first kappa shape index (κ1) is 20.0. The van der Waals surface area contributed by atoms with E-state index in [2.05, 4.69) is 10.1 Å². The molecule has 0 saturated carbocycles. The lowest BCUT2D eigenvalue weighted by Gasteiger charge is -2.28. The number of nitrogens with one attached hydrogen (secondary N) is 1. The molecule has 7 nitrogen and oxygen atoms in total. The molecule has 3 rings (SSSR count). The van der Waals surface area contributed by atoms with Crippen LogP contribution in [-0.2, 0) is 16.3 Å². The molecule has 1 unspecified atom stereocenters. The Bertz CT molecular complexity index is 1010. The Hall–Kier alpha value is -2.75. The highest BCUT2D eigenvalue weighted by molar-refractivity contribution is 7.90. The SMILES string of the molecule is CS(=O)(=O)c1cc(NC2CCCc3cc(OC(F)F)ccc32)ccc1[N+](=O)[O-]. The van der Waals surface area contributed by atoms with Crippen LogP contribution in [0.2, 0.25) is 0 Å². The monoisotopic (exact) mass is 412 g/mol. The van der Waals surface area contributed by atoms with Crippen LogP contribution in [0.1, 0.15) is 30.0 Å². The first-order valence-electron chi connectivity index (χ1n) is 8.48. The quantitative estimate of drug-likeness (QED) is 0.567. The Balaban J connectivity index is 1.90. The Morgan fingerprint density at radius 2 is 2.00 bits per heavy atom. The van der Waals surface area contributed by atoms with E-state index in [-0.39, 0.29) is 16.7 Å². The number of rotatable bonds is 6. The van der Waals surface area contributed by atoms with E-state index in [0.29, 0.717) is 12.1 Å². The van der Waals surface area contributed by atoms with Gasteiger partial charge in [0.05, 0.1) is 11.0 Å². The van der Waals surface area contributed by atoms with Crippen molar-refractivity contribution in [2.45, 2.75) is 36.8 Å². The van der Waals surface area contributed by atoms with Crippen molar-refractivity contribution in [1.82, 2.24) is 0 Å². The zero-order chi connectivity index (χ0) is 20.5. The molecule has 0 fully saturated rings. The molecule has 0 aromatic heterocycles. The van der Waals surface area contributed by atoms with Crippen molar-refractivity contribution in [3.63, 3.8) is 0 Å². The first-order valence-corrected chi connectivity index (χ1v) is 10.4. The standard InChI is InChI=1S/C18H18F2N2O5S/c1-28(25,26)17-10-12(5-8-16(17)22(23)24)21-15-4-2-3-11-9-13(27-18(19)20)6-7-14(11)15/h5-10,15,18,21H,2-4H2,1H3. The number of nitro benzene ring substituents is 1. The van der Waals surface area contributed by atoms with Crippen LogP contribution >= 0.6 is 0 Å². The summed E-state index contributed by atoms with van der Waals surface area (Å²) < 4.78 is 53.1. The Morgan fingerprint density at radius 3 is 2.64 bits per heavy atom. The molecule has 0 spiro atoms. The molecule has 0 amide bonds. The van der Waals surface area contributed by atoms with Crippen LogP contribution in [-0.4, -0.2) is 26.2 Å². The number of halogens is 2. The summed E-state index contributed by atoms with van der Waals surface area (Å²) in [6, 6.07) is 8.41. The largest absolute Gasteiger partial charge is 0.435 e. The molecule has 2 aromatic carbocycles. The van der Waals surface area contributed by atoms with Gasteiger partial charge < -0.3 is 10.1 Å². The third kappa shape index (κ3) is 4.38. The second-order valence-electron chi connectivity index (χ2n) is 6.54. The van der Waals surface area contributed by atoms with Crippen molar-refractivity contribution >= 4 is 21.2 Å². The van der Waals surface area contributed by atoms with Crippen molar-refractivity contribution < 1.29 is 26.9 Å². The van der Waals surface area contributed by atoms with Gasteiger partial charge in [-0.3, -0.25) is 10.1 Å². The first-order chi connectivity index (χ1) is 13.1. The molecule has 1 N–H and O–H groups in total. The number of nitro groups is 1. The maximum Gasteiger partial charge on any atom is 0.387 e. The molecular weight excluding hydrogens is 394 g/mol. The minimum atomic E-state index is -3.79. The Kier molecular flexibility index (Phi) is 5.50. The summed E-state index contributed by atoms with van der Waals surface area (Å²) in [6.07, 6.45) is 3.17. The molecule has 0 aliphatic heterocycles. The Morgan fingerprint density at radius 1 is 1.25 bits per heavy atom. The predicted molar refractivity (Wildman–Crippen MR) is 98.6 cm³/mol. The summed E-state index contributed by atoms with van der Waals surface area (Å²) in [4.78, 5) is 10.00. The van der Waals surface area contributed by atoms with Crippen LogP contribution in [0.3, 0.4) is 0 Å². The van der Waals surface area contributed by atoms with Gasteiger partial charge in [0.1, 0.15) is 10.6 Å². The maximum atomic E-state index is 12.4. The van der Waals surface area contributed by atoms with E-state index in [1.54, 1.807) is 12.1 Å². The third-order valence-electron chi connectivity index (χ3n) is 4.55. The van der Waals surface area contributed by atoms with Crippen LogP contribution in [0.15, 0.2) is 41.3 Å². The number of sulfone groups is 1. The average Bonchev–Trinajstić information content (AvgIpc) is 2.60. The minimum absolute atomic E-state index is 0.0871. The van der Waals surface area contributed by atoms with E-state index >= 15 is 0 Å².